The minimum absolute atomic E-state index is 0.106. The molecule has 1 aliphatic rings. The van der Waals surface area contributed by atoms with Gasteiger partial charge in [-0.3, -0.25) is 4.79 Å². The van der Waals surface area contributed by atoms with E-state index in [1.54, 1.807) is 23.1 Å². The van der Waals surface area contributed by atoms with Gasteiger partial charge in [-0.15, -0.1) is 0 Å². The molecule has 0 radical (unpaired) electrons. The van der Waals surface area contributed by atoms with Gasteiger partial charge in [-0.05, 0) is 30.7 Å². The molecule has 0 aromatic heterocycles. The van der Waals surface area contributed by atoms with E-state index in [0.29, 0.717) is 18.2 Å². The fourth-order valence-corrected chi connectivity index (χ4v) is 3.39. The van der Waals surface area contributed by atoms with Crippen LogP contribution in [0.2, 0.25) is 5.02 Å². The molecule has 1 saturated heterocycles. The highest BCUT2D eigenvalue weighted by atomic mass is 35.5. The number of amides is 3. The molecular formula is C21H23ClFN3O3. The first-order valence-corrected chi connectivity index (χ1v) is 9.73. The Morgan fingerprint density at radius 3 is 2.62 bits per heavy atom. The second-order valence-corrected chi connectivity index (χ2v) is 7.31. The number of urea groups is 1. The third-order valence-corrected chi connectivity index (χ3v) is 5.12. The third-order valence-electron chi connectivity index (χ3n) is 4.77. The summed E-state index contributed by atoms with van der Waals surface area (Å²) in [5.74, 6) is -0.534. The van der Waals surface area contributed by atoms with Crippen LogP contribution in [0.1, 0.15) is 24.2 Å². The second-order valence-electron chi connectivity index (χ2n) is 6.90. The maximum atomic E-state index is 12.9. The lowest BCUT2D eigenvalue weighted by atomic mass is 10.1. The van der Waals surface area contributed by atoms with E-state index in [4.69, 9.17) is 16.3 Å². The van der Waals surface area contributed by atoms with Crippen molar-refractivity contribution in [3.05, 3.63) is 70.5 Å². The first kappa shape index (κ1) is 21.1. The van der Waals surface area contributed by atoms with Crippen LogP contribution in [-0.2, 0) is 16.1 Å². The molecule has 2 atom stereocenters. The first-order chi connectivity index (χ1) is 13.9. The topological polar surface area (TPSA) is 70.7 Å². The summed E-state index contributed by atoms with van der Waals surface area (Å²) in [6.45, 7) is 2.76. The highest BCUT2D eigenvalue weighted by Crippen LogP contribution is 2.29. The number of hydrogen-bond donors (Lipinski definition) is 2. The summed E-state index contributed by atoms with van der Waals surface area (Å²) in [7, 11) is 0. The molecular weight excluding hydrogens is 397 g/mol. The average molecular weight is 420 g/mol. The number of ether oxygens (including phenoxy) is 1. The molecule has 6 nitrogen and oxygen atoms in total. The smallest absolute Gasteiger partial charge is 0.315 e. The van der Waals surface area contributed by atoms with Gasteiger partial charge in [-0.25, -0.2) is 9.18 Å². The minimum Gasteiger partial charge on any atom is -0.369 e. The van der Waals surface area contributed by atoms with Crippen molar-refractivity contribution >= 4 is 23.5 Å². The van der Waals surface area contributed by atoms with E-state index < -0.39 is 6.03 Å². The molecule has 2 unspecified atom stereocenters. The van der Waals surface area contributed by atoms with Crippen molar-refractivity contribution in [2.75, 3.05) is 19.7 Å². The fraction of sp³-hybridized carbons (Fsp3) is 0.333. The predicted molar refractivity (Wildman–Crippen MR) is 108 cm³/mol. The average Bonchev–Trinajstić information content (AvgIpc) is 2.72. The van der Waals surface area contributed by atoms with Crippen LogP contribution >= 0.6 is 11.6 Å². The number of nitrogens with one attached hydrogen (secondary N) is 2. The van der Waals surface area contributed by atoms with Gasteiger partial charge in [0.25, 0.3) is 0 Å². The zero-order chi connectivity index (χ0) is 20.8. The quantitative estimate of drug-likeness (QED) is 0.781. The predicted octanol–water partition coefficient (Wildman–Crippen LogP) is 3.27. The molecule has 3 rings (SSSR count). The molecule has 0 spiro atoms. The Labute approximate surface area is 174 Å². The number of hydrogen-bond acceptors (Lipinski definition) is 3. The lowest BCUT2D eigenvalue weighted by molar-refractivity contribution is -0.143. The van der Waals surface area contributed by atoms with Gasteiger partial charge in [-0.2, -0.15) is 0 Å². The number of morpholine rings is 1. The van der Waals surface area contributed by atoms with Crippen LogP contribution in [0.25, 0.3) is 0 Å². The van der Waals surface area contributed by atoms with E-state index in [0.717, 1.165) is 11.1 Å². The molecule has 1 heterocycles. The van der Waals surface area contributed by atoms with E-state index >= 15 is 0 Å². The van der Waals surface area contributed by atoms with Gasteiger partial charge in [0.15, 0.2) is 0 Å². The summed E-state index contributed by atoms with van der Waals surface area (Å²) in [5.41, 5.74) is 1.60. The molecule has 2 aromatic rings. The van der Waals surface area contributed by atoms with E-state index in [1.165, 1.54) is 12.1 Å². The van der Waals surface area contributed by atoms with E-state index in [1.807, 2.05) is 25.1 Å². The number of nitrogens with zero attached hydrogens (tertiary/aromatic N) is 1. The Morgan fingerprint density at radius 1 is 1.17 bits per heavy atom. The van der Waals surface area contributed by atoms with Gasteiger partial charge in [0.2, 0.25) is 5.91 Å². The second kappa shape index (κ2) is 9.71. The monoisotopic (exact) mass is 419 g/mol. The highest BCUT2D eigenvalue weighted by molar-refractivity contribution is 6.31. The van der Waals surface area contributed by atoms with Crippen LogP contribution in [0.15, 0.2) is 48.5 Å². The molecule has 8 heteroatoms. The van der Waals surface area contributed by atoms with Crippen LogP contribution in [0.5, 0.6) is 0 Å². The van der Waals surface area contributed by atoms with Gasteiger partial charge in [0.1, 0.15) is 11.9 Å². The summed E-state index contributed by atoms with van der Waals surface area (Å²) in [6, 6.07) is 12.6. The van der Waals surface area contributed by atoms with Gasteiger partial charge < -0.3 is 20.3 Å². The van der Waals surface area contributed by atoms with Crippen molar-refractivity contribution in [3.8, 4) is 0 Å². The van der Waals surface area contributed by atoms with Crippen LogP contribution in [0.3, 0.4) is 0 Å². The number of rotatable bonds is 5. The van der Waals surface area contributed by atoms with Gasteiger partial charge in [-0.1, -0.05) is 41.9 Å². The largest absolute Gasteiger partial charge is 0.369 e. The van der Waals surface area contributed by atoms with Gasteiger partial charge in [0, 0.05) is 17.1 Å². The molecule has 3 amide bonds. The standard InChI is InChI=1S/C21H23ClFN3O3/c1-14-13-29-19(17-4-2-3-5-18(17)22)12-26(14)20(27)11-25-21(28)24-10-15-6-8-16(23)9-7-15/h2-9,14,19H,10-13H2,1H3,(H2,24,25,28). The summed E-state index contributed by atoms with van der Waals surface area (Å²) in [6.07, 6.45) is -0.309. The normalized spacial score (nSPS) is 18.9. The summed E-state index contributed by atoms with van der Waals surface area (Å²) < 4.78 is 18.8. The third kappa shape index (κ3) is 5.68. The SMILES string of the molecule is CC1COC(c2ccccc2Cl)CN1C(=O)CNC(=O)NCc1ccc(F)cc1. The van der Waals surface area contributed by atoms with Crippen molar-refractivity contribution in [1.82, 2.24) is 15.5 Å². The molecule has 154 valence electrons. The summed E-state index contributed by atoms with van der Waals surface area (Å²) in [5, 5.41) is 5.81. The maximum absolute atomic E-state index is 12.9. The van der Waals surface area contributed by atoms with Crippen molar-refractivity contribution in [2.24, 2.45) is 0 Å². The number of halogens is 2. The van der Waals surface area contributed by atoms with Crippen molar-refractivity contribution in [2.45, 2.75) is 25.6 Å². The van der Waals surface area contributed by atoms with E-state index in [2.05, 4.69) is 10.6 Å². The van der Waals surface area contributed by atoms with Crippen LogP contribution in [0, 0.1) is 5.82 Å². The van der Waals surface area contributed by atoms with Crippen LogP contribution in [0.4, 0.5) is 9.18 Å². The molecule has 0 bridgehead atoms. The van der Waals surface area contributed by atoms with E-state index in [-0.39, 0.29) is 37.0 Å². The number of benzene rings is 2. The van der Waals surface area contributed by atoms with Gasteiger partial charge in [0.05, 0.1) is 25.7 Å². The zero-order valence-corrected chi connectivity index (χ0v) is 16.8. The maximum Gasteiger partial charge on any atom is 0.315 e. The Hall–Kier alpha value is -2.64. The Morgan fingerprint density at radius 2 is 1.90 bits per heavy atom. The number of carbonyl (C=O) groups excluding carboxylic acids is 2. The summed E-state index contributed by atoms with van der Waals surface area (Å²) >= 11 is 6.25. The first-order valence-electron chi connectivity index (χ1n) is 9.35. The zero-order valence-electron chi connectivity index (χ0n) is 16.0. The molecule has 29 heavy (non-hydrogen) atoms. The molecule has 0 aliphatic carbocycles. The lowest BCUT2D eigenvalue weighted by Gasteiger charge is -2.38. The minimum atomic E-state index is -0.466. The Balaban J connectivity index is 1.50. The Kier molecular flexibility index (Phi) is 7.06. The van der Waals surface area contributed by atoms with Gasteiger partial charge >= 0.3 is 6.03 Å². The lowest BCUT2D eigenvalue weighted by Crippen LogP contribution is -2.52. The van der Waals surface area contributed by atoms with Crippen LogP contribution in [-0.4, -0.2) is 42.6 Å². The van der Waals surface area contributed by atoms with Crippen molar-refractivity contribution in [3.63, 3.8) is 0 Å². The van der Waals surface area contributed by atoms with Crippen molar-refractivity contribution in [1.29, 1.82) is 0 Å². The highest BCUT2D eigenvalue weighted by Gasteiger charge is 2.31. The molecule has 1 aliphatic heterocycles. The number of carbonyl (C=O) groups is 2. The molecule has 2 N–H and O–H groups in total. The van der Waals surface area contributed by atoms with E-state index in [9.17, 15) is 14.0 Å². The molecule has 0 saturated carbocycles. The van der Waals surface area contributed by atoms with Crippen LogP contribution < -0.4 is 10.6 Å². The molecule has 2 aromatic carbocycles. The molecule has 1 fully saturated rings. The summed E-state index contributed by atoms with van der Waals surface area (Å²) in [4.78, 5) is 26.3. The fourth-order valence-electron chi connectivity index (χ4n) is 3.13. The van der Waals surface area contributed by atoms with Crippen molar-refractivity contribution < 1.29 is 18.7 Å². The Bertz CT molecular complexity index is 863.